The van der Waals surface area contributed by atoms with Crippen LogP contribution in [0.4, 0.5) is 13.2 Å². The quantitative estimate of drug-likeness (QED) is 0.426. The van der Waals surface area contributed by atoms with Crippen molar-refractivity contribution < 1.29 is 13.2 Å². The van der Waals surface area contributed by atoms with E-state index < -0.39 is 12.1 Å². The van der Waals surface area contributed by atoms with E-state index in [0.717, 1.165) is 42.9 Å². The Morgan fingerprint density at radius 3 is 2.43 bits per heavy atom. The molecule has 0 amide bonds. The van der Waals surface area contributed by atoms with E-state index in [1.165, 1.54) is 32.1 Å². The van der Waals surface area contributed by atoms with Crippen LogP contribution in [0.2, 0.25) is 0 Å². The fourth-order valence-corrected chi connectivity index (χ4v) is 8.58. The van der Waals surface area contributed by atoms with Gasteiger partial charge in [0.1, 0.15) is 0 Å². The molecule has 0 spiro atoms. The maximum atomic E-state index is 13.3. The number of halogens is 3. The fourth-order valence-electron chi connectivity index (χ4n) is 8.58. The molecule has 28 heavy (non-hydrogen) atoms. The minimum atomic E-state index is -3.98. The predicted molar refractivity (Wildman–Crippen MR) is 107 cm³/mol. The molecule has 0 heterocycles. The molecule has 0 bridgehead atoms. The van der Waals surface area contributed by atoms with Crippen molar-refractivity contribution in [3.63, 3.8) is 0 Å². The molecular formula is C25H37F3. The molecule has 9 atom stereocenters. The zero-order chi connectivity index (χ0) is 20.1. The fraction of sp³-hybridized carbons (Fsp3) is 0.920. The smallest absolute Gasteiger partial charge is 0.171 e. The lowest BCUT2D eigenvalue weighted by Gasteiger charge is -2.56. The van der Waals surface area contributed by atoms with Gasteiger partial charge in [0.2, 0.25) is 0 Å². The van der Waals surface area contributed by atoms with Crippen LogP contribution in [-0.4, -0.2) is 6.18 Å². The molecule has 4 aliphatic rings. The molecule has 0 nitrogen and oxygen atoms in total. The number of hydrogen-bond acceptors (Lipinski definition) is 0. The summed E-state index contributed by atoms with van der Waals surface area (Å²) in [6.45, 7) is 6.93. The molecule has 0 N–H and O–H groups in total. The van der Waals surface area contributed by atoms with Crippen LogP contribution in [0.3, 0.4) is 0 Å². The summed E-state index contributed by atoms with van der Waals surface area (Å²) >= 11 is 0. The highest BCUT2D eigenvalue weighted by atomic mass is 19.4. The molecule has 4 saturated carbocycles. The summed E-state index contributed by atoms with van der Waals surface area (Å²) in [5.41, 5.74) is 0.437. The van der Waals surface area contributed by atoms with Gasteiger partial charge >= 0.3 is 6.18 Å². The lowest BCUT2D eigenvalue weighted by molar-refractivity contribution is -0.196. The van der Waals surface area contributed by atoms with E-state index in [1.54, 1.807) is 0 Å². The van der Waals surface area contributed by atoms with Crippen LogP contribution in [0.15, 0.2) is 0 Å². The van der Waals surface area contributed by atoms with E-state index in [9.17, 15) is 13.2 Å². The van der Waals surface area contributed by atoms with E-state index in [4.69, 9.17) is 0 Å². The maximum absolute atomic E-state index is 13.3. The van der Waals surface area contributed by atoms with Gasteiger partial charge < -0.3 is 0 Å². The van der Waals surface area contributed by atoms with Crippen LogP contribution >= 0.6 is 0 Å². The van der Waals surface area contributed by atoms with Crippen LogP contribution in [0.1, 0.15) is 85.0 Å². The SMILES string of the molecule is CC#CCCC1C(C)CC2C3CCC4CC(C(F)(F)F)CCC4C3CCC12C. The van der Waals surface area contributed by atoms with Crippen LogP contribution in [0.25, 0.3) is 0 Å². The summed E-state index contributed by atoms with van der Waals surface area (Å²) in [6.07, 6.45) is 6.00. The second-order valence-corrected chi connectivity index (χ2v) is 10.8. The van der Waals surface area contributed by atoms with Gasteiger partial charge in [-0.05, 0) is 112 Å². The molecule has 4 aliphatic carbocycles. The van der Waals surface area contributed by atoms with Crippen LogP contribution < -0.4 is 0 Å². The van der Waals surface area contributed by atoms with E-state index in [-0.39, 0.29) is 0 Å². The molecule has 4 fully saturated rings. The van der Waals surface area contributed by atoms with Crippen LogP contribution in [0.5, 0.6) is 0 Å². The number of hydrogen-bond donors (Lipinski definition) is 0. The number of alkyl halides is 3. The molecule has 0 aromatic rings. The Morgan fingerprint density at radius 1 is 0.964 bits per heavy atom. The van der Waals surface area contributed by atoms with Crippen molar-refractivity contribution >= 4 is 0 Å². The molecule has 158 valence electrons. The molecular weight excluding hydrogens is 357 g/mol. The standard InChI is InChI=1S/C25H37F3/c1-4-5-6-7-22-16(2)14-23-21-10-8-17-15-18(25(26,27)28)9-11-19(17)20(21)12-13-24(22,23)3/h16-23H,6-15H2,1-3H3. The van der Waals surface area contributed by atoms with Crippen LogP contribution in [-0.2, 0) is 0 Å². The van der Waals surface area contributed by atoms with Crippen molar-refractivity contribution in [3.8, 4) is 11.8 Å². The molecule has 0 aliphatic heterocycles. The Bertz CT molecular complexity index is 626. The Kier molecular flexibility index (Phi) is 5.56. The Morgan fingerprint density at radius 2 is 1.71 bits per heavy atom. The second kappa shape index (κ2) is 7.55. The number of rotatable bonds is 2. The minimum absolute atomic E-state index is 0.334. The van der Waals surface area contributed by atoms with Gasteiger partial charge in [0.15, 0.2) is 0 Å². The van der Waals surface area contributed by atoms with E-state index in [0.29, 0.717) is 36.0 Å². The first-order chi connectivity index (χ1) is 13.3. The first-order valence-corrected chi connectivity index (χ1v) is 11.7. The monoisotopic (exact) mass is 394 g/mol. The van der Waals surface area contributed by atoms with Crippen molar-refractivity contribution in [1.82, 2.24) is 0 Å². The normalized spacial score (nSPS) is 48.1. The maximum Gasteiger partial charge on any atom is 0.391 e. The molecule has 4 rings (SSSR count). The zero-order valence-corrected chi connectivity index (χ0v) is 17.8. The van der Waals surface area contributed by atoms with Gasteiger partial charge in [-0.3, -0.25) is 0 Å². The first kappa shape index (κ1) is 20.6. The topological polar surface area (TPSA) is 0 Å². The molecule has 0 aromatic carbocycles. The average Bonchev–Trinajstić information content (AvgIpc) is 2.91. The molecule has 0 radical (unpaired) electrons. The van der Waals surface area contributed by atoms with Crippen molar-refractivity contribution in [3.05, 3.63) is 0 Å². The second-order valence-electron chi connectivity index (χ2n) is 10.8. The Balaban J connectivity index is 1.48. The van der Waals surface area contributed by atoms with Gasteiger partial charge in [0, 0.05) is 6.42 Å². The molecule has 0 aromatic heterocycles. The third-order valence-corrected chi connectivity index (χ3v) is 9.77. The van der Waals surface area contributed by atoms with Crippen molar-refractivity contribution in [1.29, 1.82) is 0 Å². The Hall–Kier alpha value is -0.650. The predicted octanol–water partition coefficient (Wildman–Crippen LogP) is 7.48. The summed E-state index contributed by atoms with van der Waals surface area (Å²) in [6, 6.07) is 0. The molecule has 3 heteroatoms. The summed E-state index contributed by atoms with van der Waals surface area (Å²) in [7, 11) is 0. The van der Waals surface area contributed by atoms with E-state index in [1.807, 2.05) is 6.92 Å². The Labute approximate surface area is 169 Å². The van der Waals surface area contributed by atoms with E-state index in [2.05, 4.69) is 25.7 Å². The van der Waals surface area contributed by atoms with Gasteiger partial charge in [-0.15, -0.1) is 11.8 Å². The average molecular weight is 395 g/mol. The summed E-state index contributed by atoms with van der Waals surface area (Å²) in [5.74, 6) is 10.0. The highest BCUT2D eigenvalue weighted by Crippen LogP contribution is 2.66. The van der Waals surface area contributed by atoms with Gasteiger partial charge in [-0.25, -0.2) is 0 Å². The summed E-state index contributed by atoms with van der Waals surface area (Å²) in [5, 5.41) is 0. The third-order valence-electron chi connectivity index (χ3n) is 9.77. The largest absolute Gasteiger partial charge is 0.391 e. The van der Waals surface area contributed by atoms with Crippen molar-refractivity contribution in [2.45, 2.75) is 91.2 Å². The zero-order valence-electron chi connectivity index (χ0n) is 17.8. The lowest BCUT2D eigenvalue weighted by Crippen LogP contribution is -2.49. The lowest BCUT2D eigenvalue weighted by atomic mass is 9.49. The molecule has 0 saturated heterocycles. The number of fused-ring (bicyclic) bond motifs is 5. The third kappa shape index (κ3) is 3.41. The highest BCUT2D eigenvalue weighted by molar-refractivity contribution is 5.08. The van der Waals surface area contributed by atoms with Gasteiger partial charge in [0.05, 0.1) is 5.92 Å². The highest BCUT2D eigenvalue weighted by Gasteiger charge is 2.59. The van der Waals surface area contributed by atoms with Crippen LogP contribution in [0, 0.1) is 64.6 Å². The van der Waals surface area contributed by atoms with Gasteiger partial charge in [-0.2, -0.15) is 13.2 Å². The van der Waals surface area contributed by atoms with Gasteiger partial charge in [0.25, 0.3) is 0 Å². The van der Waals surface area contributed by atoms with Crippen molar-refractivity contribution in [2.75, 3.05) is 0 Å². The van der Waals surface area contributed by atoms with Crippen molar-refractivity contribution in [2.24, 2.45) is 52.8 Å². The van der Waals surface area contributed by atoms with Gasteiger partial charge in [-0.1, -0.05) is 13.8 Å². The molecule has 9 unspecified atom stereocenters. The summed E-state index contributed by atoms with van der Waals surface area (Å²) < 4.78 is 39.8. The first-order valence-electron chi connectivity index (χ1n) is 11.7. The minimum Gasteiger partial charge on any atom is -0.171 e. The van der Waals surface area contributed by atoms with E-state index >= 15 is 0 Å². The summed E-state index contributed by atoms with van der Waals surface area (Å²) in [4.78, 5) is 0.